The number of phenols is 3. The third-order valence-corrected chi connectivity index (χ3v) is 29.7. The number of ether oxygens (including phenoxy) is 5. The largest absolute Gasteiger partial charge is 0.508 e. The molecule has 0 radical (unpaired) electrons. The molecule has 3 saturated carbocycles. The lowest BCUT2D eigenvalue weighted by Crippen LogP contribution is -2.65. The van der Waals surface area contributed by atoms with E-state index in [-0.39, 0.29) is 120 Å². The van der Waals surface area contributed by atoms with Gasteiger partial charge in [-0.05, 0) is 249 Å². The zero-order chi connectivity index (χ0) is 107. The summed E-state index contributed by atoms with van der Waals surface area (Å²) >= 11 is 0. The van der Waals surface area contributed by atoms with Crippen LogP contribution >= 0.6 is 0 Å². The molecule has 38 heteroatoms. The van der Waals surface area contributed by atoms with E-state index in [1.54, 1.807) is 86.7 Å². The number of rotatable bonds is 30. The van der Waals surface area contributed by atoms with Crippen molar-refractivity contribution >= 4 is 81.6 Å². The normalized spacial score (nSPS) is 23.8. The van der Waals surface area contributed by atoms with Gasteiger partial charge in [0.2, 0.25) is 17.3 Å². The number of hydrogen-bond acceptors (Lipinski definition) is 35. The highest BCUT2D eigenvalue weighted by Crippen LogP contribution is 2.59. The van der Waals surface area contributed by atoms with Crippen molar-refractivity contribution in [2.75, 3.05) is 105 Å². The van der Waals surface area contributed by atoms with Crippen LogP contribution in [0.3, 0.4) is 0 Å². The first kappa shape index (κ1) is 108. The Bertz CT molecular complexity index is 6750. The molecule has 3 amide bonds. The van der Waals surface area contributed by atoms with Crippen LogP contribution in [0.25, 0.3) is 50.7 Å². The topological polar surface area (TPSA) is 604 Å². The highest BCUT2D eigenvalue weighted by Gasteiger charge is 2.68. The Morgan fingerprint density at radius 3 is 1.04 bits per heavy atom. The van der Waals surface area contributed by atoms with Gasteiger partial charge in [-0.1, -0.05) is 80.6 Å². The molecule has 0 heterocycles. The van der Waals surface area contributed by atoms with E-state index in [9.17, 15) is 114 Å². The van der Waals surface area contributed by atoms with Crippen molar-refractivity contribution in [3.63, 3.8) is 0 Å². The van der Waals surface area contributed by atoms with Crippen molar-refractivity contribution in [2.24, 2.45) is 58.6 Å². The van der Waals surface area contributed by atoms with E-state index in [1.165, 1.54) is 54.2 Å². The first-order valence-corrected chi connectivity index (χ1v) is 48.2. The molecule has 16 rings (SSSR count). The lowest BCUT2D eigenvalue weighted by molar-refractivity contribution is -0.155. The number of primary amides is 3. The van der Waals surface area contributed by atoms with Gasteiger partial charge in [0, 0.05) is 83.9 Å². The molecule has 780 valence electrons. The van der Waals surface area contributed by atoms with Gasteiger partial charge < -0.3 is 123 Å². The van der Waals surface area contributed by atoms with Crippen LogP contribution in [0.15, 0.2) is 172 Å². The van der Waals surface area contributed by atoms with Crippen molar-refractivity contribution in [2.45, 2.75) is 139 Å². The minimum absolute atomic E-state index is 0.00777. The second-order valence-electron chi connectivity index (χ2n) is 39.9. The molecule has 14 atom stereocenters. The molecule has 0 aromatic heterocycles. The molecule has 3 fully saturated rings. The summed E-state index contributed by atoms with van der Waals surface area (Å²) in [6.07, 6.45) is 1.31. The third-order valence-electron chi connectivity index (χ3n) is 29.7. The fraction of sp³-hybridized carbons (Fsp3) is 0.404. The number of phenolic OH excluding ortho intramolecular Hbond substituents is 3. The van der Waals surface area contributed by atoms with E-state index in [1.807, 2.05) is 101 Å². The van der Waals surface area contributed by atoms with Gasteiger partial charge in [0.15, 0.2) is 34.2 Å². The van der Waals surface area contributed by atoms with Gasteiger partial charge in [-0.2, -0.15) is 0 Å². The number of aliphatic hydroxyl groups excluding tert-OH is 6. The highest BCUT2D eigenvalue weighted by atomic mass is 16.5. The average molecular weight is 2020 g/mol. The Labute approximate surface area is 848 Å². The summed E-state index contributed by atoms with van der Waals surface area (Å²) in [4.78, 5) is 151. The highest BCUT2D eigenvalue weighted by molar-refractivity contribution is 6.27. The number of aromatic hydroxyl groups is 3. The number of fused-ring (bicyclic) bond motifs is 9. The molecule has 7 aromatic rings. The fourth-order valence-electron chi connectivity index (χ4n) is 22.9. The second-order valence-corrected chi connectivity index (χ2v) is 39.9. The van der Waals surface area contributed by atoms with Crippen LogP contribution < -0.4 is 47.4 Å². The predicted octanol–water partition coefficient (Wildman–Crippen LogP) is 6.51. The predicted molar refractivity (Wildman–Crippen MR) is 538 cm³/mol. The van der Waals surface area contributed by atoms with Gasteiger partial charge in [0.1, 0.15) is 97.9 Å². The number of nitrogens with two attached hydrogens (primary N) is 3. The minimum Gasteiger partial charge on any atom is -0.508 e. The van der Waals surface area contributed by atoms with E-state index in [0.717, 1.165) is 40.9 Å². The molecule has 21 N–H and O–H groups in total. The molecule has 9 aliphatic carbocycles. The van der Waals surface area contributed by atoms with Crippen LogP contribution in [0, 0.1) is 41.4 Å². The monoisotopic (exact) mass is 2020 g/mol. The molecule has 9 aliphatic rings. The number of benzene rings is 7. The molecule has 38 nitrogen and oxygen atoms in total. The Kier molecular flexibility index (Phi) is 31.6. The fourth-order valence-corrected chi connectivity index (χ4v) is 22.9. The van der Waals surface area contributed by atoms with Crippen molar-refractivity contribution in [3.05, 3.63) is 228 Å². The van der Waals surface area contributed by atoms with E-state index in [0.29, 0.717) is 87.7 Å². The summed E-state index contributed by atoms with van der Waals surface area (Å²) in [7, 11) is 19.3. The number of nitrogens with one attached hydrogen (secondary N) is 3. The van der Waals surface area contributed by atoms with Gasteiger partial charge in [0.05, 0.1) is 69.9 Å². The van der Waals surface area contributed by atoms with Gasteiger partial charge in [-0.15, -0.1) is 0 Å². The number of carbonyl (C=O) groups is 11. The summed E-state index contributed by atoms with van der Waals surface area (Å²) in [6, 6.07) is 31.0. The van der Waals surface area contributed by atoms with E-state index >= 15 is 0 Å². The van der Waals surface area contributed by atoms with E-state index in [4.69, 9.17) is 40.9 Å². The zero-order valence-electron chi connectivity index (χ0n) is 84.3. The molecule has 0 spiro atoms. The summed E-state index contributed by atoms with van der Waals surface area (Å²) < 4.78 is 27.5. The van der Waals surface area contributed by atoms with Crippen LogP contribution in [0.1, 0.15) is 102 Å². The molecule has 2 unspecified atom stereocenters. The molecular formula is C109H126N10O28. The Morgan fingerprint density at radius 2 is 0.748 bits per heavy atom. The average Bonchev–Trinajstić information content (AvgIpc) is 0.703. The smallest absolute Gasteiger partial charge is 0.323 e. The SMILES string of the molecule is CCOC(=O)C(Cc1ccccc1)NCc1ccc(OC)c(-c2ccc(O)c3c2C[C@H]2C[C@H]4[C@H](N(C)C)C(=O)C(C(N)=O)=C(O)[C@@]4(O)C(=O)C2=C3O)c1.COC(=O)C(CC(C)C)NCc1ccc(OC)c(-c2ccc(O)c3c2C[C@H]2C[C@H]4[C@H](N(C)C)C(=O)C(C(N)=O)=C(O)[C@@]4(O)C(=O)C2=C3O)c1.COc1ccc(CNCCN(C)C)cc1-c1ccc(O)c2c1C[C@H]1C[C@H]3[C@H](N(C)C)C(=O)C(C(N)=O)=C(O)[C@@]3(O)C(=O)C1=C2O. The maximum atomic E-state index is 14.2. The van der Waals surface area contributed by atoms with E-state index < -0.39 is 186 Å². The van der Waals surface area contributed by atoms with Crippen LogP contribution in [-0.2, 0) is 108 Å². The van der Waals surface area contributed by atoms with Crippen LogP contribution in [0.4, 0.5) is 0 Å². The Hall–Kier alpha value is -14.5. The number of Topliss-reactive ketones (excluding diaryl/α,β-unsaturated/α-hetero) is 6. The molecular weight excluding hydrogens is 1900 g/mol. The summed E-state index contributed by atoms with van der Waals surface area (Å²) in [5.41, 5.74) is 13.8. The number of esters is 2. The number of nitrogens with zero attached hydrogens (tertiary/aromatic N) is 4. The number of carbonyl (C=O) groups excluding carboxylic acids is 11. The van der Waals surface area contributed by atoms with Gasteiger partial charge in [-0.25, -0.2) is 0 Å². The van der Waals surface area contributed by atoms with E-state index in [2.05, 4.69) is 20.9 Å². The Balaban J connectivity index is 0.000000175. The molecule has 7 aromatic carbocycles. The lowest BCUT2D eigenvalue weighted by Gasteiger charge is -2.50. The van der Waals surface area contributed by atoms with Gasteiger partial charge >= 0.3 is 11.9 Å². The maximum Gasteiger partial charge on any atom is 0.323 e. The summed E-state index contributed by atoms with van der Waals surface area (Å²) in [6.45, 7) is 8.87. The molecule has 0 saturated heterocycles. The summed E-state index contributed by atoms with van der Waals surface area (Å²) in [5, 5.41) is 147. The van der Waals surface area contributed by atoms with Crippen LogP contribution in [0.5, 0.6) is 34.5 Å². The van der Waals surface area contributed by atoms with Gasteiger partial charge in [-0.3, -0.25) is 67.4 Å². The third kappa shape index (κ3) is 19.4. The Morgan fingerprint density at radius 1 is 0.422 bits per heavy atom. The van der Waals surface area contributed by atoms with Crippen molar-refractivity contribution in [1.82, 2.24) is 35.6 Å². The maximum absolute atomic E-state index is 14.2. The standard InChI is InChI=1S/C40H43N3O10.C36H43N3O10.C33H40N4O8/c1-5-53-39(50)27(16-20-9-7-6-8-10-20)42-19-21-11-14-29(52-4)24(15-21)23-12-13-28(44)31-25(23)17-22-18-26-33(43(2)3)35(46)32(38(41)49)37(48)40(26,51)36(47)30(22)34(31)45;1-16(2)11-23(35(46)49-6)38-15-17-7-10-25(48-5)20(12-17)19-8-9-24(40)27-21(19)13-18-14-22-29(39(3)4)31(42)28(34(37)45)33(44)36(22,47)32(43)26(18)30(27)41;1-36(2)11-10-35-15-16-6-9-23(45-5)19(12-16)18-7-8-22(38)25-20(18)13-17-14-21-27(37(3)4)29(40)26(32(34)43)31(42)33(21,44)30(41)24(17)28(25)39/h6-15,22,26-27,33,42,44-45,48,51H,5,16-19H2,1-4H3,(H2,41,49);7-10,12,16,18,22-23,29,38,40-41,44,47H,11,13-15H2,1-6H3,(H2,37,45);6-9,12,17,21,27,35,38-39,42,44H,10-11,13-15H2,1-5H3,(H2,34,43)/t22-,26-,27?,33-,40-;18-,22-,23?,29-,36-;17-,21-,27-,33-/m000/s1. The minimum atomic E-state index is -2.73. The van der Waals surface area contributed by atoms with Crippen LogP contribution in [0.2, 0.25) is 0 Å². The first-order chi connectivity index (χ1) is 69.5. The zero-order valence-corrected chi connectivity index (χ0v) is 84.3. The number of methoxy groups -OCH3 is 4. The first-order valence-electron chi connectivity index (χ1n) is 48.2. The van der Waals surface area contributed by atoms with Gasteiger partial charge in [0.25, 0.3) is 17.7 Å². The van der Waals surface area contributed by atoms with Crippen LogP contribution in [-0.4, -0.2) is 297 Å². The molecule has 0 aliphatic heterocycles. The number of aliphatic hydroxyl groups is 9. The number of hydrogen-bond donors (Lipinski definition) is 18. The number of ketones is 6. The summed E-state index contributed by atoms with van der Waals surface area (Å²) in [5.74, 6) is -20.2. The quantitative estimate of drug-likeness (QED) is 0.0129. The lowest BCUT2D eigenvalue weighted by atomic mass is 9.57. The number of amides is 3. The number of likely N-dealkylation sites (N-methyl/N-ethyl adjacent to an activating group) is 4. The van der Waals surface area contributed by atoms with Crippen molar-refractivity contribution < 1.29 is 138 Å². The van der Waals surface area contributed by atoms with Crippen molar-refractivity contribution in [3.8, 4) is 67.9 Å². The molecule has 147 heavy (non-hydrogen) atoms. The second kappa shape index (κ2) is 42.9. The molecule has 0 bridgehead atoms. The van der Waals surface area contributed by atoms with Crippen molar-refractivity contribution in [1.29, 1.82) is 0 Å².